The molecule has 2 heterocycles. The first-order valence-electron chi connectivity index (χ1n) is 5.02. The summed E-state index contributed by atoms with van der Waals surface area (Å²) in [6, 6.07) is 10.3. The molecule has 0 saturated carbocycles. The second-order valence-electron chi connectivity index (χ2n) is 3.56. The summed E-state index contributed by atoms with van der Waals surface area (Å²) in [7, 11) is -4.94. The van der Waals surface area contributed by atoms with Crippen molar-refractivity contribution in [2.45, 2.75) is 13.8 Å². The first-order valence-corrected chi connectivity index (χ1v) is 6.26. The average Bonchev–Trinajstić information content (AvgIpc) is 2.57. The van der Waals surface area contributed by atoms with Crippen molar-refractivity contribution in [3.63, 3.8) is 0 Å². The van der Waals surface area contributed by atoms with Gasteiger partial charge in [-0.05, 0) is 26.0 Å². The maximum atomic E-state index is 8.49. The highest BCUT2D eigenvalue weighted by atomic mass is 35.7. The molecule has 2 aromatic heterocycles. The Bertz CT molecular complexity index is 468. The molecule has 0 aromatic carbocycles. The zero-order valence-electron chi connectivity index (χ0n) is 9.95. The van der Waals surface area contributed by atoms with Gasteiger partial charge in [-0.15, -0.1) is 14.9 Å². The van der Waals surface area contributed by atoms with Crippen molar-refractivity contribution in [2.75, 3.05) is 0 Å². The molecule has 2 rings (SSSR count). The molecule has 6 nitrogen and oxygen atoms in total. The van der Waals surface area contributed by atoms with Gasteiger partial charge in [-0.25, -0.2) is 18.6 Å². The van der Waals surface area contributed by atoms with Gasteiger partial charge in [-0.3, -0.25) is 0 Å². The Kier molecular flexibility index (Phi) is 4.83. The molecule has 0 N–H and O–H groups in total. The van der Waals surface area contributed by atoms with E-state index < -0.39 is 10.2 Å². The SMILES string of the molecule is Cc1ccc(C)n1-[n+]1ccccc1.[O-][Cl+3]([O-])([O-])[O-]. The van der Waals surface area contributed by atoms with Crippen LogP contribution in [0.25, 0.3) is 0 Å². The second kappa shape index (κ2) is 5.94. The maximum absolute atomic E-state index is 8.49. The van der Waals surface area contributed by atoms with Gasteiger partial charge in [0.25, 0.3) is 0 Å². The van der Waals surface area contributed by atoms with Crippen molar-refractivity contribution < 1.29 is 33.6 Å². The van der Waals surface area contributed by atoms with Crippen molar-refractivity contribution in [1.82, 2.24) is 4.68 Å². The second-order valence-corrected chi connectivity index (χ2v) is 4.32. The fourth-order valence-electron chi connectivity index (χ4n) is 1.55. The summed E-state index contributed by atoms with van der Waals surface area (Å²) >= 11 is 0. The van der Waals surface area contributed by atoms with Gasteiger partial charge in [-0.2, -0.15) is 0 Å². The molecule has 0 aliphatic heterocycles. The Morgan fingerprint density at radius 2 is 1.28 bits per heavy atom. The van der Waals surface area contributed by atoms with Gasteiger partial charge in [0.15, 0.2) is 12.4 Å². The van der Waals surface area contributed by atoms with Gasteiger partial charge >= 0.3 is 0 Å². The Balaban J connectivity index is 0.000000280. The van der Waals surface area contributed by atoms with Crippen LogP contribution >= 0.6 is 0 Å². The molecule has 0 aliphatic rings. The third-order valence-electron chi connectivity index (χ3n) is 2.16. The number of rotatable bonds is 1. The number of aryl methyl sites for hydroxylation is 2. The normalized spacial score (nSPS) is 10.8. The number of hydrogen-bond acceptors (Lipinski definition) is 4. The highest BCUT2D eigenvalue weighted by Crippen LogP contribution is 2.02. The highest BCUT2D eigenvalue weighted by Gasteiger charge is 2.07. The van der Waals surface area contributed by atoms with E-state index in [0.717, 1.165) is 0 Å². The van der Waals surface area contributed by atoms with Crippen LogP contribution in [0, 0.1) is 24.1 Å². The van der Waals surface area contributed by atoms with Crippen LogP contribution in [0.15, 0.2) is 42.7 Å². The van der Waals surface area contributed by atoms with Crippen LogP contribution in [0.1, 0.15) is 11.4 Å². The predicted octanol–water partition coefficient (Wildman–Crippen LogP) is -3.05. The smallest absolute Gasteiger partial charge is 0.200 e. The first-order chi connectivity index (χ1) is 8.29. The molecule has 0 spiro atoms. The lowest BCUT2D eigenvalue weighted by molar-refractivity contribution is -2.00. The molecule has 0 atom stereocenters. The lowest BCUT2D eigenvalue weighted by atomic mass is 10.5. The fraction of sp³-hybridized carbons (Fsp3) is 0.182. The zero-order chi connectivity index (χ0) is 13.8. The van der Waals surface area contributed by atoms with Crippen LogP contribution in [-0.2, 0) is 0 Å². The number of halogens is 1. The van der Waals surface area contributed by atoms with Gasteiger partial charge in [0, 0.05) is 12.1 Å². The number of pyridine rings is 1. The van der Waals surface area contributed by atoms with E-state index in [1.165, 1.54) is 11.4 Å². The minimum absolute atomic E-state index is 1.24. The van der Waals surface area contributed by atoms with Gasteiger partial charge < -0.3 is 0 Å². The molecule has 0 radical (unpaired) electrons. The standard InChI is InChI=1S/C11H13N2.ClHO4/c1-10-6-7-11(2)13(10)12-8-4-3-5-9-12;2-1(3,4)5/h3-9H,1-2H3;(H,2,3,4,5)/q+1;/p-1. The summed E-state index contributed by atoms with van der Waals surface area (Å²) in [6.45, 7) is 4.21. The van der Waals surface area contributed by atoms with Crippen LogP contribution < -0.4 is 23.3 Å². The first kappa shape index (κ1) is 14.6. The van der Waals surface area contributed by atoms with Crippen LogP contribution in [0.3, 0.4) is 0 Å². The van der Waals surface area contributed by atoms with E-state index in [9.17, 15) is 0 Å². The quantitative estimate of drug-likeness (QED) is 0.515. The molecule has 0 unspecified atom stereocenters. The molecule has 0 saturated heterocycles. The molecule has 2 aromatic rings. The van der Waals surface area contributed by atoms with Crippen molar-refractivity contribution in [3.05, 3.63) is 54.1 Å². The van der Waals surface area contributed by atoms with E-state index in [1.807, 2.05) is 30.6 Å². The minimum atomic E-state index is -4.94. The van der Waals surface area contributed by atoms with Gasteiger partial charge in [-0.1, -0.05) is 10.7 Å². The van der Waals surface area contributed by atoms with E-state index in [0.29, 0.717) is 0 Å². The van der Waals surface area contributed by atoms with Crippen molar-refractivity contribution in [1.29, 1.82) is 0 Å². The summed E-state index contributed by atoms with van der Waals surface area (Å²) in [4.78, 5) is 0. The van der Waals surface area contributed by atoms with Crippen LogP contribution in [0.2, 0.25) is 0 Å². The number of nitrogens with zero attached hydrogens (tertiary/aromatic N) is 2. The number of aromatic nitrogens is 2. The van der Waals surface area contributed by atoms with Gasteiger partial charge in [0.05, 0.1) is 11.4 Å². The fourth-order valence-corrected chi connectivity index (χ4v) is 1.55. The monoisotopic (exact) mass is 272 g/mol. The molecule has 98 valence electrons. The maximum Gasteiger partial charge on any atom is 0.200 e. The van der Waals surface area contributed by atoms with E-state index in [2.05, 4.69) is 35.3 Å². The van der Waals surface area contributed by atoms with E-state index in [4.69, 9.17) is 18.6 Å². The summed E-state index contributed by atoms with van der Waals surface area (Å²) in [5.41, 5.74) is 2.49. The van der Waals surface area contributed by atoms with Crippen molar-refractivity contribution in [3.8, 4) is 0 Å². The molecular formula is C11H13ClN2O4. The summed E-state index contributed by atoms with van der Waals surface area (Å²) in [5.74, 6) is 0. The van der Waals surface area contributed by atoms with E-state index in [1.54, 1.807) is 0 Å². The summed E-state index contributed by atoms with van der Waals surface area (Å²) in [5, 5.41) is 0. The summed E-state index contributed by atoms with van der Waals surface area (Å²) < 4.78 is 38.2. The minimum Gasteiger partial charge on any atom is -0.222 e. The molecule has 18 heavy (non-hydrogen) atoms. The molecular weight excluding hydrogens is 260 g/mol. The van der Waals surface area contributed by atoms with Gasteiger partial charge in [0.2, 0.25) is 0 Å². The van der Waals surface area contributed by atoms with E-state index >= 15 is 0 Å². The Labute approximate surface area is 107 Å². The zero-order valence-corrected chi connectivity index (χ0v) is 10.7. The van der Waals surface area contributed by atoms with Crippen LogP contribution in [0.4, 0.5) is 0 Å². The Hall–Kier alpha value is -1.44. The molecule has 0 bridgehead atoms. The molecule has 0 fully saturated rings. The lowest BCUT2D eigenvalue weighted by Gasteiger charge is -2.17. The lowest BCUT2D eigenvalue weighted by Crippen LogP contribution is -2.68. The highest BCUT2D eigenvalue weighted by molar-refractivity contribution is 5.11. The van der Waals surface area contributed by atoms with Crippen molar-refractivity contribution in [2.24, 2.45) is 0 Å². The Morgan fingerprint density at radius 3 is 1.67 bits per heavy atom. The molecule has 7 heteroatoms. The third-order valence-corrected chi connectivity index (χ3v) is 2.16. The topological polar surface area (TPSA) is 101 Å². The molecule has 0 aliphatic carbocycles. The van der Waals surface area contributed by atoms with Crippen LogP contribution in [-0.4, -0.2) is 4.68 Å². The van der Waals surface area contributed by atoms with Crippen molar-refractivity contribution >= 4 is 0 Å². The third kappa shape index (κ3) is 4.82. The average molecular weight is 273 g/mol. The number of hydrogen-bond donors (Lipinski definition) is 0. The Morgan fingerprint density at radius 1 is 0.889 bits per heavy atom. The van der Waals surface area contributed by atoms with Crippen LogP contribution in [0.5, 0.6) is 0 Å². The molecule has 0 amide bonds. The largest absolute Gasteiger partial charge is 0.222 e. The predicted molar refractivity (Wildman–Crippen MR) is 51.3 cm³/mol. The summed E-state index contributed by atoms with van der Waals surface area (Å²) in [6.07, 6.45) is 4.08. The van der Waals surface area contributed by atoms with Gasteiger partial charge in [0.1, 0.15) is 0 Å². The van der Waals surface area contributed by atoms with E-state index in [-0.39, 0.29) is 0 Å².